The van der Waals surface area contributed by atoms with Crippen LogP contribution in [0.3, 0.4) is 0 Å². The van der Waals surface area contributed by atoms with Crippen molar-refractivity contribution in [1.29, 1.82) is 0 Å². The summed E-state index contributed by atoms with van der Waals surface area (Å²) in [4.78, 5) is 41.5. The molecule has 9 nitrogen and oxygen atoms in total. The fourth-order valence-electron chi connectivity index (χ4n) is 4.15. The molecule has 35 heavy (non-hydrogen) atoms. The highest BCUT2D eigenvalue weighted by atomic mass is 32.1. The number of thiophene rings is 1. The standard InChI is InChI=1S/C24H27N5O4S2/c1-13-9-14(2)11-15(10-13)29(24(32)21-18(25)19(22(26)30)28-35-21)20(17-6-4-8-34-17)23(31)27-12-16-5-3-7-33-16/h4,6,8-11,16,20H,3,5,7,12,25H2,1-2H3,(H2,26,30)(H,27,31)/t16-,20+/m1/s1. The average molecular weight is 514 g/mol. The lowest BCUT2D eigenvalue weighted by Gasteiger charge is -2.31. The molecule has 1 aliphatic rings. The molecular formula is C24H27N5O4S2. The Morgan fingerprint density at radius 1 is 1.26 bits per heavy atom. The highest BCUT2D eigenvalue weighted by Gasteiger charge is 2.37. The van der Waals surface area contributed by atoms with Gasteiger partial charge in [-0.05, 0) is 72.9 Å². The molecule has 0 unspecified atom stereocenters. The van der Waals surface area contributed by atoms with E-state index in [0.717, 1.165) is 35.5 Å². The van der Waals surface area contributed by atoms with Gasteiger partial charge in [0, 0.05) is 23.7 Å². The van der Waals surface area contributed by atoms with E-state index in [2.05, 4.69) is 9.69 Å². The van der Waals surface area contributed by atoms with Crippen LogP contribution in [0, 0.1) is 13.8 Å². The van der Waals surface area contributed by atoms with E-state index in [1.54, 1.807) is 0 Å². The van der Waals surface area contributed by atoms with Crippen LogP contribution in [-0.2, 0) is 9.53 Å². The topological polar surface area (TPSA) is 141 Å². The number of rotatable bonds is 8. The number of primary amides is 1. The third-order valence-corrected chi connectivity index (χ3v) is 7.48. The minimum atomic E-state index is -0.969. The Hall–Kier alpha value is -3.28. The number of nitrogen functional groups attached to an aromatic ring is 1. The number of carbonyl (C=O) groups excluding carboxylic acids is 3. The molecular weight excluding hydrogens is 486 g/mol. The van der Waals surface area contributed by atoms with Crippen molar-refractivity contribution >= 4 is 52.0 Å². The second-order valence-corrected chi connectivity index (χ2v) is 10.2. The van der Waals surface area contributed by atoms with Gasteiger partial charge in [-0.3, -0.25) is 19.3 Å². The van der Waals surface area contributed by atoms with Crippen molar-refractivity contribution in [2.45, 2.75) is 38.8 Å². The number of amides is 3. The molecule has 1 aromatic carbocycles. The SMILES string of the molecule is Cc1cc(C)cc(N(C(=O)c2snc(C(N)=O)c2N)[C@H](C(=O)NC[C@H]2CCCO2)c2cccs2)c1. The van der Waals surface area contributed by atoms with E-state index in [0.29, 0.717) is 23.7 Å². The van der Waals surface area contributed by atoms with Gasteiger partial charge in [0.1, 0.15) is 4.88 Å². The molecule has 3 heterocycles. The maximum atomic E-state index is 14.0. The number of nitrogens with one attached hydrogen (secondary N) is 1. The minimum absolute atomic E-state index is 0.0476. The highest BCUT2D eigenvalue weighted by molar-refractivity contribution is 7.10. The molecule has 2 atom stereocenters. The second-order valence-electron chi connectivity index (χ2n) is 8.46. The fourth-order valence-corrected chi connectivity index (χ4v) is 5.70. The van der Waals surface area contributed by atoms with Crippen LogP contribution in [0.4, 0.5) is 11.4 Å². The smallest absolute Gasteiger partial charge is 0.273 e. The Balaban J connectivity index is 1.79. The summed E-state index contributed by atoms with van der Waals surface area (Å²) >= 11 is 2.16. The average Bonchev–Trinajstić information content (AvgIpc) is 3.56. The molecule has 2 aromatic heterocycles. The number of nitrogens with two attached hydrogens (primary N) is 2. The van der Waals surface area contributed by atoms with Crippen molar-refractivity contribution in [3.05, 3.63) is 62.3 Å². The number of carbonyl (C=O) groups is 3. The summed E-state index contributed by atoms with van der Waals surface area (Å²) in [7, 11) is 0. The zero-order chi connectivity index (χ0) is 25.1. The Bertz CT molecular complexity index is 1210. The number of ether oxygens (including phenoxy) is 1. The van der Waals surface area contributed by atoms with Gasteiger partial charge in [0.05, 0.1) is 11.8 Å². The van der Waals surface area contributed by atoms with Crippen LogP contribution in [0.5, 0.6) is 0 Å². The lowest BCUT2D eigenvalue weighted by Crippen LogP contribution is -2.45. The minimum Gasteiger partial charge on any atom is -0.395 e. The van der Waals surface area contributed by atoms with E-state index in [9.17, 15) is 14.4 Å². The quantitative estimate of drug-likeness (QED) is 0.422. The van der Waals surface area contributed by atoms with Crippen molar-refractivity contribution in [2.24, 2.45) is 5.73 Å². The number of anilines is 2. The molecule has 3 amide bonds. The summed E-state index contributed by atoms with van der Waals surface area (Å²) in [6, 6.07) is 8.33. The maximum Gasteiger partial charge on any atom is 0.273 e. The molecule has 0 radical (unpaired) electrons. The van der Waals surface area contributed by atoms with Crippen LogP contribution in [-0.4, -0.2) is 41.4 Å². The van der Waals surface area contributed by atoms with Crippen molar-refractivity contribution in [2.75, 3.05) is 23.8 Å². The highest BCUT2D eigenvalue weighted by Crippen LogP contribution is 2.35. The molecule has 0 saturated carbocycles. The van der Waals surface area contributed by atoms with Gasteiger partial charge in [-0.1, -0.05) is 12.1 Å². The number of aryl methyl sites for hydroxylation is 2. The van der Waals surface area contributed by atoms with E-state index < -0.39 is 17.9 Å². The monoisotopic (exact) mass is 513 g/mol. The Labute approximate surface area is 211 Å². The molecule has 0 spiro atoms. The van der Waals surface area contributed by atoms with Crippen molar-refractivity contribution in [3.63, 3.8) is 0 Å². The lowest BCUT2D eigenvalue weighted by molar-refractivity contribution is -0.122. The Morgan fingerprint density at radius 2 is 2.00 bits per heavy atom. The van der Waals surface area contributed by atoms with Crippen molar-refractivity contribution < 1.29 is 19.1 Å². The molecule has 184 valence electrons. The first kappa shape index (κ1) is 24.8. The first-order valence-electron chi connectivity index (χ1n) is 11.2. The van der Waals surface area contributed by atoms with Crippen molar-refractivity contribution in [1.82, 2.24) is 9.69 Å². The third kappa shape index (κ3) is 5.37. The molecule has 1 saturated heterocycles. The van der Waals surface area contributed by atoms with E-state index in [-0.39, 0.29) is 28.3 Å². The van der Waals surface area contributed by atoms with Crippen LogP contribution in [0.2, 0.25) is 0 Å². The lowest BCUT2D eigenvalue weighted by atomic mass is 10.1. The van der Waals surface area contributed by atoms with Crippen LogP contribution in [0.15, 0.2) is 35.7 Å². The van der Waals surface area contributed by atoms with Crippen LogP contribution < -0.4 is 21.7 Å². The summed E-state index contributed by atoms with van der Waals surface area (Å²) in [6.45, 7) is 4.87. The molecule has 1 aliphatic heterocycles. The van der Waals surface area contributed by atoms with Gasteiger partial charge < -0.3 is 21.5 Å². The molecule has 4 rings (SSSR count). The first-order chi connectivity index (χ1) is 16.8. The molecule has 0 aliphatic carbocycles. The van der Waals surface area contributed by atoms with Gasteiger partial charge in [0.15, 0.2) is 11.7 Å². The number of aromatic nitrogens is 1. The predicted octanol–water partition coefficient (Wildman–Crippen LogP) is 3.19. The van der Waals surface area contributed by atoms with Gasteiger partial charge in [-0.25, -0.2) is 0 Å². The van der Waals surface area contributed by atoms with Gasteiger partial charge in [0.25, 0.3) is 11.8 Å². The van der Waals surface area contributed by atoms with E-state index >= 15 is 0 Å². The first-order valence-corrected chi connectivity index (χ1v) is 12.8. The van der Waals surface area contributed by atoms with Crippen LogP contribution in [0.1, 0.15) is 55.0 Å². The van der Waals surface area contributed by atoms with Gasteiger partial charge in [-0.15, -0.1) is 11.3 Å². The van der Waals surface area contributed by atoms with Crippen LogP contribution >= 0.6 is 22.9 Å². The van der Waals surface area contributed by atoms with E-state index in [4.69, 9.17) is 16.2 Å². The fraction of sp³-hybridized carbons (Fsp3) is 0.333. The maximum absolute atomic E-state index is 14.0. The second kappa shape index (κ2) is 10.5. The summed E-state index contributed by atoms with van der Waals surface area (Å²) < 4.78 is 9.63. The summed E-state index contributed by atoms with van der Waals surface area (Å²) in [5.41, 5.74) is 13.6. The Kier molecular flexibility index (Phi) is 7.48. The molecule has 1 fully saturated rings. The van der Waals surface area contributed by atoms with Gasteiger partial charge in [0.2, 0.25) is 5.91 Å². The van der Waals surface area contributed by atoms with E-state index in [1.165, 1.54) is 16.2 Å². The summed E-state index contributed by atoms with van der Waals surface area (Å²) in [5, 5.41) is 4.82. The van der Waals surface area contributed by atoms with Crippen LogP contribution in [0.25, 0.3) is 0 Å². The number of hydrogen-bond acceptors (Lipinski definition) is 8. The molecule has 5 N–H and O–H groups in total. The number of hydrogen-bond donors (Lipinski definition) is 3. The molecule has 11 heteroatoms. The third-order valence-electron chi connectivity index (χ3n) is 5.71. The normalized spacial score (nSPS) is 16.1. The molecule has 0 bridgehead atoms. The van der Waals surface area contributed by atoms with E-state index in [1.807, 2.05) is 49.6 Å². The zero-order valence-corrected chi connectivity index (χ0v) is 21.1. The zero-order valence-electron chi connectivity index (χ0n) is 19.4. The largest absolute Gasteiger partial charge is 0.395 e. The predicted molar refractivity (Wildman–Crippen MR) is 137 cm³/mol. The van der Waals surface area contributed by atoms with Crippen molar-refractivity contribution in [3.8, 4) is 0 Å². The number of benzene rings is 1. The molecule has 3 aromatic rings. The number of nitrogens with zero attached hydrogens (tertiary/aromatic N) is 2. The van der Waals surface area contributed by atoms with Gasteiger partial charge in [-0.2, -0.15) is 4.37 Å². The van der Waals surface area contributed by atoms with Gasteiger partial charge >= 0.3 is 0 Å². The summed E-state index contributed by atoms with van der Waals surface area (Å²) in [6.07, 6.45) is 1.77. The Morgan fingerprint density at radius 3 is 2.57 bits per heavy atom. The summed E-state index contributed by atoms with van der Waals surface area (Å²) in [5.74, 6) is -1.70.